The summed E-state index contributed by atoms with van der Waals surface area (Å²) >= 11 is 0. The quantitative estimate of drug-likeness (QED) is 0.833. The van der Waals surface area contributed by atoms with Gasteiger partial charge in [0.2, 0.25) is 0 Å². The number of carbonyl (C=O) groups excluding carboxylic acids is 1. The Kier molecular flexibility index (Phi) is 4.32. The lowest BCUT2D eigenvalue weighted by Crippen LogP contribution is -2.40. The third kappa shape index (κ3) is 3.23. The minimum atomic E-state index is -4.89. The van der Waals surface area contributed by atoms with Crippen molar-refractivity contribution < 1.29 is 18.0 Å². The van der Waals surface area contributed by atoms with Crippen molar-refractivity contribution in [3.63, 3.8) is 0 Å². The van der Waals surface area contributed by atoms with Crippen molar-refractivity contribution >= 4 is 5.91 Å². The van der Waals surface area contributed by atoms with Crippen LogP contribution < -0.4 is 0 Å². The Labute approximate surface area is 102 Å². The molecular formula is C12H11F3N2O. The zero-order valence-corrected chi connectivity index (χ0v) is 9.66. The SMILES string of the molecule is CCN(Cc1ccccc1C#N)C(=O)C(F)(F)F. The maximum atomic E-state index is 12.3. The number of hydrogen-bond donors (Lipinski definition) is 0. The second-order valence-corrected chi connectivity index (χ2v) is 3.59. The molecule has 96 valence electrons. The molecule has 1 amide bonds. The molecule has 0 bridgehead atoms. The van der Waals surface area contributed by atoms with Crippen LogP contribution >= 0.6 is 0 Å². The lowest BCUT2D eigenvalue weighted by Gasteiger charge is -2.22. The molecule has 0 aromatic heterocycles. The Morgan fingerprint density at radius 3 is 2.50 bits per heavy atom. The number of halogens is 3. The first-order chi connectivity index (χ1) is 8.40. The fourth-order valence-corrected chi connectivity index (χ4v) is 1.48. The highest BCUT2D eigenvalue weighted by atomic mass is 19.4. The molecule has 0 N–H and O–H groups in total. The average molecular weight is 256 g/mol. The van der Waals surface area contributed by atoms with E-state index in [-0.39, 0.29) is 18.7 Å². The Bertz CT molecular complexity index is 477. The van der Waals surface area contributed by atoms with E-state index in [9.17, 15) is 18.0 Å². The van der Waals surface area contributed by atoms with Crippen molar-refractivity contribution in [1.82, 2.24) is 4.90 Å². The van der Waals surface area contributed by atoms with Crippen LogP contribution in [0.4, 0.5) is 13.2 Å². The monoisotopic (exact) mass is 256 g/mol. The molecule has 0 aliphatic rings. The van der Waals surface area contributed by atoms with Gasteiger partial charge in [0.25, 0.3) is 0 Å². The highest BCUT2D eigenvalue weighted by Gasteiger charge is 2.42. The van der Waals surface area contributed by atoms with E-state index in [0.717, 1.165) is 0 Å². The summed E-state index contributed by atoms with van der Waals surface area (Å²) in [5.74, 6) is -1.89. The molecule has 0 saturated heterocycles. The van der Waals surface area contributed by atoms with Crippen LogP contribution in [0.1, 0.15) is 18.1 Å². The summed E-state index contributed by atoms with van der Waals surface area (Å²) in [5.41, 5.74) is 0.672. The standard InChI is InChI=1S/C12H11F3N2O/c1-2-17(11(18)12(13,14)15)8-10-6-4-3-5-9(10)7-16/h3-6H,2,8H2,1H3. The summed E-state index contributed by atoms with van der Waals surface area (Å²) in [6.07, 6.45) is -4.89. The van der Waals surface area contributed by atoms with Crippen molar-refractivity contribution in [1.29, 1.82) is 5.26 Å². The van der Waals surface area contributed by atoms with E-state index in [0.29, 0.717) is 10.5 Å². The van der Waals surface area contributed by atoms with Crippen LogP contribution in [0, 0.1) is 11.3 Å². The van der Waals surface area contributed by atoms with Gasteiger partial charge in [-0.3, -0.25) is 4.79 Å². The number of carbonyl (C=O) groups is 1. The number of hydrogen-bond acceptors (Lipinski definition) is 2. The van der Waals surface area contributed by atoms with Gasteiger partial charge in [0.1, 0.15) is 0 Å². The molecule has 3 nitrogen and oxygen atoms in total. The second kappa shape index (κ2) is 5.54. The normalized spacial score (nSPS) is 10.8. The molecule has 0 atom stereocenters. The lowest BCUT2D eigenvalue weighted by molar-refractivity contribution is -0.185. The van der Waals surface area contributed by atoms with Gasteiger partial charge in [0, 0.05) is 13.1 Å². The van der Waals surface area contributed by atoms with E-state index in [4.69, 9.17) is 5.26 Å². The van der Waals surface area contributed by atoms with Crippen molar-refractivity contribution in [2.75, 3.05) is 6.54 Å². The largest absolute Gasteiger partial charge is 0.471 e. The molecule has 0 fully saturated rings. The average Bonchev–Trinajstić information content (AvgIpc) is 2.34. The number of rotatable bonds is 3. The van der Waals surface area contributed by atoms with E-state index >= 15 is 0 Å². The van der Waals surface area contributed by atoms with Gasteiger partial charge in [-0.2, -0.15) is 18.4 Å². The van der Waals surface area contributed by atoms with Crippen molar-refractivity contribution in [3.05, 3.63) is 35.4 Å². The van der Waals surface area contributed by atoms with Crippen molar-refractivity contribution in [2.24, 2.45) is 0 Å². The van der Waals surface area contributed by atoms with Crippen molar-refractivity contribution in [2.45, 2.75) is 19.6 Å². The Balaban J connectivity index is 2.94. The highest BCUT2D eigenvalue weighted by Crippen LogP contribution is 2.20. The van der Waals surface area contributed by atoms with Crippen LogP contribution in [0.5, 0.6) is 0 Å². The predicted molar refractivity (Wildman–Crippen MR) is 58.3 cm³/mol. The maximum Gasteiger partial charge on any atom is 0.471 e. The summed E-state index contributed by atoms with van der Waals surface area (Å²) in [6.45, 7) is 1.16. The van der Waals surface area contributed by atoms with Crippen LogP contribution in [0.25, 0.3) is 0 Å². The van der Waals surface area contributed by atoms with E-state index in [1.807, 2.05) is 6.07 Å². The molecule has 0 radical (unpaired) electrons. The van der Waals surface area contributed by atoms with E-state index in [1.54, 1.807) is 12.1 Å². The van der Waals surface area contributed by atoms with Crippen LogP contribution in [0.15, 0.2) is 24.3 Å². The molecule has 6 heteroatoms. The van der Waals surface area contributed by atoms with Gasteiger partial charge >= 0.3 is 12.1 Å². The second-order valence-electron chi connectivity index (χ2n) is 3.59. The van der Waals surface area contributed by atoms with Crippen molar-refractivity contribution in [3.8, 4) is 6.07 Å². The van der Waals surface area contributed by atoms with E-state index in [2.05, 4.69) is 0 Å². The smallest absolute Gasteiger partial charge is 0.331 e. The first-order valence-corrected chi connectivity index (χ1v) is 5.24. The Morgan fingerprint density at radius 1 is 1.39 bits per heavy atom. The molecule has 0 aliphatic heterocycles. The number of nitriles is 1. The Morgan fingerprint density at radius 2 is 2.00 bits per heavy atom. The fourth-order valence-electron chi connectivity index (χ4n) is 1.48. The maximum absolute atomic E-state index is 12.3. The topological polar surface area (TPSA) is 44.1 Å². The third-order valence-corrected chi connectivity index (χ3v) is 2.41. The first-order valence-electron chi connectivity index (χ1n) is 5.24. The van der Waals surface area contributed by atoms with Crippen LogP contribution in [0.2, 0.25) is 0 Å². The summed E-state index contributed by atoms with van der Waals surface area (Å²) in [7, 11) is 0. The van der Waals surface area contributed by atoms with Gasteiger partial charge in [-0.15, -0.1) is 0 Å². The number of nitrogens with zero attached hydrogens (tertiary/aromatic N) is 2. The molecule has 0 spiro atoms. The summed E-state index contributed by atoms with van der Waals surface area (Å²) in [4.78, 5) is 11.8. The molecule has 1 aromatic rings. The van der Waals surface area contributed by atoms with Gasteiger partial charge in [-0.1, -0.05) is 18.2 Å². The predicted octanol–water partition coefficient (Wildman–Crippen LogP) is 2.47. The van der Waals surface area contributed by atoms with Gasteiger partial charge in [0.15, 0.2) is 0 Å². The fraction of sp³-hybridized carbons (Fsp3) is 0.333. The van der Waals surface area contributed by atoms with Crippen LogP contribution in [-0.4, -0.2) is 23.5 Å². The highest BCUT2D eigenvalue weighted by molar-refractivity contribution is 5.81. The van der Waals surface area contributed by atoms with Gasteiger partial charge in [-0.25, -0.2) is 0 Å². The third-order valence-electron chi connectivity index (χ3n) is 2.41. The first kappa shape index (κ1) is 14.0. The summed E-state index contributed by atoms with van der Waals surface area (Å²) in [5, 5.41) is 8.83. The minimum Gasteiger partial charge on any atom is -0.331 e. The zero-order chi connectivity index (χ0) is 13.8. The van der Waals surface area contributed by atoms with E-state index < -0.39 is 12.1 Å². The number of benzene rings is 1. The molecule has 0 heterocycles. The van der Waals surface area contributed by atoms with Gasteiger partial charge < -0.3 is 4.90 Å². The number of alkyl halides is 3. The molecule has 18 heavy (non-hydrogen) atoms. The Hall–Kier alpha value is -2.03. The van der Waals surface area contributed by atoms with Gasteiger partial charge in [-0.05, 0) is 18.6 Å². The van der Waals surface area contributed by atoms with Gasteiger partial charge in [0.05, 0.1) is 11.6 Å². The van der Waals surface area contributed by atoms with E-state index in [1.165, 1.54) is 19.1 Å². The molecule has 0 saturated carbocycles. The zero-order valence-electron chi connectivity index (χ0n) is 9.66. The summed E-state index contributed by atoms with van der Waals surface area (Å²) in [6, 6.07) is 8.15. The van der Waals surface area contributed by atoms with Crippen LogP contribution in [0.3, 0.4) is 0 Å². The molecule has 1 rings (SSSR count). The van der Waals surface area contributed by atoms with Crippen LogP contribution in [-0.2, 0) is 11.3 Å². The summed E-state index contributed by atoms with van der Waals surface area (Å²) < 4.78 is 36.9. The minimum absolute atomic E-state index is 0.0713. The molecule has 0 unspecified atom stereocenters. The molecular weight excluding hydrogens is 245 g/mol. The molecule has 0 aliphatic carbocycles. The lowest BCUT2D eigenvalue weighted by atomic mass is 10.1. The number of amides is 1. The molecule has 1 aromatic carbocycles.